The van der Waals surface area contributed by atoms with Gasteiger partial charge in [0, 0.05) is 18.1 Å². The van der Waals surface area contributed by atoms with E-state index in [0.717, 1.165) is 11.1 Å². The molecular formula is C19H23Cl2NO3. The first-order chi connectivity index (χ1) is 12.0. The van der Waals surface area contributed by atoms with Gasteiger partial charge in [-0.15, -0.1) is 0 Å². The SMILES string of the molecule is CCOc1cc(CNC[C@@H](C)O)cc(Cl)c1OCc1ccc(Cl)cc1. The van der Waals surface area contributed by atoms with Crippen molar-refractivity contribution in [2.75, 3.05) is 13.2 Å². The van der Waals surface area contributed by atoms with E-state index < -0.39 is 6.10 Å². The number of nitrogens with one attached hydrogen (secondary N) is 1. The van der Waals surface area contributed by atoms with Gasteiger partial charge in [-0.05, 0) is 49.2 Å². The average Bonchev–Trinajstić information content (AvgIpc) is 2.55. The van der Waals surface area contributed by atoms with Crippen LogP contribution in [0.15, 0.2) is 36.4 Å². The van der Waals surface area contributed by atoms with Gasteiger partial charge in [0.1, 0.15) is 6.61 Å². The van der Waals surface area contributed by atoms with Crippen LogP contribution in [0.1, 0.15) is 25.0 Å². The van der Waals surface area contributed by atoms with Crippen molar-refractivity contribution in [3.63, 3.8) is 0 Å². The molecule has 1 atom stereocenters. The van der Waals surface area contributed by atoms with Gasteiger partial charge in [0.15, 0.2) is 11.5 Å². The molecular weight excluding hydrogens is 361 g/mol. The fourth-order valence-electron chi connectivity index (χ4n) is 2.29. The van der Waals surface area contributed by atoms with Crippen molar-refractivity contribution < 1.29 is 14.6 Å². The molecule has 0 unspecified atom stereocenters. The fourth-order valence-corrected chi connectivity index (χ4v) is 2.70. The summed E-state index contributed by atoms with van der Waals surface area (Å²) in [6.45, 7) is 5.63. The number of hydrogen-bond donors (Lipinski definition) is 2. The number of hydrogen-bond acceptors (Lipinski definition) is 4. The summed E-state index contributed by atoms with van der Waals surface area (Å²) in [5, 5.41) is 13.7. The summed E-state index contributed by atoms with van der Waals surface area (Å²) in [6.07, 6.45) is -0.399. The fraction of sp³-hybridized carbons (Fsp3) is 0.368. The van der Waals surface area contributed by atoms with Gasteiger partial charge in [-0.3, -0.25) is 0 Å². The smallest absolute Gasteiger partial charge is 0.180 e. The van der Waals surface area contributed by atoms with Crippen molar-refractivity contribution in [1.82, 2.24) is 5.32 Å². The molecule has 0 bridgehead atoms. The highest BCUT2D eigenvalue weighted by molar-refractivity contribution is 6.32. The van der Waals surface area contributed by atoms with Crippen LogP contribution in [0.25, 0.3) is 0 Å². The van der Waals surface area contributed by atoms with Crippen molar-refractivity contribution in [2.24, 2.45) is 0 Å². The molecule has 4 nitrogen and oxygen atoms in total. The topological polar surface area (TPSA) is 50.7 Å². The molecule has 25 heavy (non-hydrogen) atoms. The Bertz CT molecular complexity index is 675. The summed E-state index contributed by atoms with van der Waals surface area (Å²) < 4.78 is 11.6. The van der Waals surface area contributed by atoms with Crippen molar-refractivity contribution in [3.8, 4) is 11.5 Å². The summed E-state index contributed by atoms with van der Waals surface area (Å²) in [7, 11) is 0. The summed E-state index contributed by atoms with van der Waals surface area (Å²) >= 11 is 12.3. The summed E-state index contributed by atoms with van der Waals surface area (Å²) in [5.74, 6) is 1.13. The lowest BCUT2D eigenvalue weighted by molar-refractivity contribution is 0.191. The molecule has 2 aromatic rings. The predicted molar refractivity (Wildman–Crippen MR) is 102 cm³/mol. The molecule has 0 aliphatic rings. The first kappa shape index (κ1) is 19.9. The zero-order chi connectivity index (χ0) is 18.2. The number of aliphatic hydroxyl groups is 1. The molecule has 136 valence electrons. The Balaban J connectivity index is 2.11. The maximum Gasteiger partial charge on any atom is 0.180 e. The second-order valence-electron chi connectivity index (χ2n) is 5.73. The van der Waals surface area contributed by atoms with Gasteiger partial charge < -0.3 is 19.9 Å². The normalized spacial score (nSPS) is 12.0. The van der Waals surface area contributed by atoms with E-state index in [-0.39, 0.29) is 0 Å². The lowest BCUT2D eigenvalue weighted by Crippen LogP contribution is -2.23. The first-order valence-electron chi connectivity index (χ1n) is 8.20. The van der Waals surface area contributed by atoms with Crippen LogP contribution in [0.5, 0.6) is 11.5 Å². The van der Waals surface area contributed by atoms with Crippen LogP contribution < -0.4 is 14.8 Å². The Kier molecular flexibility index (Phi) is 7.85. The Hall–Kier alpha value is -1.46. The molecule has 0 aliphatic carbocycles. The molecule has 6 heteroatoms. The second-order valence-corrected chi connectivity index (χ2v) is 6.58. The molecule has 0 heterocycles. The summed E-state index contributed by atoms with van der Waals surface area (Å²) in [5.41, 5.74) is 1.96. The van der Waals surface area contributed by atoms with Crippen LogP contribution in [0.4, 0.5) is 0 Å². The highest BCUT2D eigenvalue weighted by Crippen LogP contribution is 2.37. The third-order valence-corrected chi connectivity index (χ3v) is 3.97. The largest absolute Gasteiger partial charge is 0.490 e. The Labute approximate surface area is 158 Å². The van der Waals surface area contributed by atoms with Crippen molar-refractivity contribution in [3.05, 3.63) is 57.6 Å². The van der Waals surface area contributed by atoms with Crippen LogP contribution in [0.3, 0.4) is 0 Å². The maximum atomic E-state index is 9.32. The Morgan fingerprint density at radius 2 is 1.80 bits per heavy atom. The molecule has 0 aliphatic heterocycles. The molecule has 0 saturated carbocycles. The van der Waals surface area contributed by atoms with Crippen LogP contribution >= 0.6 is 23.2 Å². The minimum atomic E-state index is -0.399. The van der Waals surface area contributed by atoms with E-state index >= 15 is 0 Å². The monoisotopic (exact) mass is 383 g/mol. The number of halogens is 2. The van der Waals surface area contributed by atoms with Crippen molar-refractivity contribution in [2.45, 2.75) is 33.1 Å². The molecule has 0 fully saturated rings. The van der Waals surface area contributed by atoms with Gasteiger partial charge in [0.05, 0.1) is 17.7 Å². The van der Waals surface area contributed by atoms with Crippen molar-refractivity contribution in [1.29, 1.82) is 0 Å². The highest BCUT2D eigenvalue weighted by atomic mass is 35.5. The number of benzene rings is 2. The molecule has 2 rings (SSSR count). The number of ether oxygens (including phenoxy) is 2. The van der Waals surface area contributed by atoms with Gasteiger partial charge in [0.25, 0.3) is 0 Å². The van der Waals surface area contributed by atoms with Crippen LogP contribution in [0.2, 0.25) is 10.0 Å². The molecule has 0 radical (unpaired) electrons. The standard InChI is InChI=1S/C19H23Cl2NO3/c1-3-24-18-9-15(11-22-10-13(2)23)8-17(21)19(18)25-12-14-4-6-16(20)7-5-14/h4-9,13,22-23H,3,10-12H2,1-2H3/t13-/m1/s1. The first-order valence-corrected chi connectivity index (χ1v) is 8.96. The minimum absolute atomic E-state index is 0.372. The van der Waals surface area contributed by atoms with E-state index in [1.54, 1.807) is 6.92 Å². The van der Waals surface area contributed by atoms with E-state index in [0.29, 0.717) is 47.8 Å². The van der Waals surface area contributed by atoms with E-state index in [4.69, 9.17) is 32.7 Å². The van der Waals surface area contributed by atoms with Crippen molar-refractivity contribution >= 4 is 23.2 Å². The molecule has 0 spiro atoms. The molecule has 2 N–H and O–H groups in total. The van der Waals surface area contributed by atoms with Gasteiger partial charge >= 0.3 is 0 Å². The van der Waals surface area contributed by atoms with E-state index in [9.17, 15) is 5.11 Å². The zero-order valence-electron chi connectivity index (χ0n) is 14.4. The van der Waals surface area contributed by atoms with E-state index in [1.807, 2.05) is 43.3 Å². The van der Waals surface area contributed by atoms with Gasteiger partial charge in [-0.2, -0.15) is 0 Å². The number of rotatable bonds is 9. The summed E-state index contributed by atoms with van der Waals surface area (Å²) in [6, 6.07) is 11.2. The molecule has 0 amide bonds. The summed E-state index contributed by atoms with van der Waals surface area (Å²) in [4.78, 5) is 0. The maximum absolute atomic E-state index is 9.32. The minimum Gasteiger partial charge on any atom is -0.490 e. The quantitative estimate of drug-likeness (QED) is 0.671. The Morgan fingerprint density at radius 1 is 1.08 bits per heavy atom. The third-order valence-electron chi connectivity index (χ3n) is 3.43. The third kappa shape index (κ3) is 6.40. The van der Waals surface area contributed by atoms with Crippen LogP contribution in [0, 0.1) is 0 Å². The van der Waals surface area contributed by atoms with Gasteiger partial charge in [-0.1, -0.05) is 35.3 Å². The predicted octanol–water partition coefficient (Wildman–Crippen LogP) is 4.44. The second kappa shape index (κ2) is 9.88. The van der Waals surface area contributed by atoms with Crippen LogP contribution in [-0.4, -0.2) is 24.4 Å². The van der Waals surface area contributed by atoms with Gasteiger partial charge in [-0.25, -0.2) is 0 Å². The number of aliphatic hydroxyl groups excluding tert-OH is 1. The molecule has 0 aromatic heterocycles. The molecule has 2 aromatic carbocycles. The van der Waals surface area contributed by atoms with E-state index in [2.05, 4.69) is 5.32 Å². The van der Waals surface area contributed by atoms with Crippen LogP contribution in [-0.2, 0) is 13.2 Å². The lowest BCUT2D eigenvalue weighted by Gasteiger charge is -2.16. The average molecular weight is 384 g/mol. The van der Waals surface area contributed by atoms with Gasteiger partial charge in [0.2, 0.25) is 0 Å². The van der Waals surface area contributed by atoms with E-state index in [1.165, 1.54) is 0 Å². The highest BCUT2D eigenvalue weighted by Gasteiger charge is 2.13. The zero-order valence-corrected chi connectivity index (χ0v) is 15.9. The Morgan fingerprint density at radius 3 is 2.44 bits per heavy atom. The molecule has 0 saturated heterocycles. The lowest BCUT2D eigenvalue weighted by atomic mass is 10.2.